The lowest BCUT2D eigenvalue weighted by Crippen LogP contribution is -2.29. The zero-order valence-corrected chi connectivity index (χ0v) is 15.6. The Morgan fingerprint density at radius 2 is 1.89 bits per heavy atom. The maximum absolute atomic E-state index is 12.6. The standard InChI is InChI=1S/C21H20N4O3/c1-14-18(20(26)27-2)19(25-21(24-14)22-13-23-25)16-10-6-7-11-17(16)28-12-15-8-4-3-5-9-15/h3-11,13,19H,12H2,1-2H3,(H,22,23,24). The molecule has 1 aliphatic rings. The van der Waals surface area contributed by atoms with Gasteiger partial charge in [0.2, 0.25) is 5.95 Å². The topological polar surface area (TPSA) is 78.3 Å². The molecule has 0 aliphatic carbocycles. The number of hydrogen-bond donors (Lipinski definition) is 1. The van der Waals surface area contributed by atoms with E-state index in [2.05, 4.69) is 15.4 Å². The van der Waals surface area contributed by atoms with E-state index in [9.17, 15) is 4.79 Å². The summed E-state index contributed by atoms with van der Waals surface area (Å²) in [5.41, 5.74) is 3.02. The van der Waals surface area contributed by atoms with Gasteiger partial charge in [-0.25, -0.2) is 9.48 Å². The predicted molar refractivity (Wildman–Crippen MR) is 104 cm³/mol. The minimum atomic E-state index is -0.502. The monoisotopic (exact) mass is 376 g/mol. The number of carbonyl (C=O) groups is 1. The molecule has 0 radical (unpaired) electrons. The van der Waals surface area contributed by atoms with E-state index in [0.29, 0.717) is 29.6 Å². The lowest BCUT2D eigenvalue weighted by Gasteiger charge is -2.29. The Bertz CT molecular complexity index is 1030. The molecule has 1 aromatic heterocycles. The van der Waals surface area contributed by atoms with E-state index in [1.165, 1.54) is 13.4 Å². The van der Waals surface area contributed by atoms with Gasteiger partial charge in [0.25, 0.3) is 0 Å². The van der Waals surface area contributed by atoms with Crippen LogP contribution in [0.25, 0.3) is 0 Å². The average Bonchev–Trinajstić information content (AvgIpc) is 3.19. The van der Waals surface area contributed by atoms with E-state index in [0.717, 1.165) is 11.1 Å². The van der Waals surface area contributed by atoms with E-state index in [1.807, 2.05) is 61.5 Å². The zero-order chi connectivity index (χ0) is 19.5. The molecule has 0 bridgehead atoms. The number of para-hydroxylation sites is 1. The summed E-state index contributed by atoms with van der Waals surface area (Å²) >= 11 is 0. The molecular formula is C21H20N4O3. The van der Waals surface area contributed by atoms with Crippen LogP contribution in [0.3, 0.4) is 0 Å². The molecule has 0 fully saturated rings. The average molecular weight is 376 g/mol. The van der Waals surface area contributed by atoms with Crippen molar-refractivity contribution in [3.63, 3.8) is 0 Å². The lowest BCUT2D eigenvalue weighted by molar-refractivity contribution is -0.136. The smallest absolute Gasteiger partial charge is 0.338 e. The van der Waals surface area contributed by atoms with Crippen LogP contribution < -0.4 is 10.1 Å². The van der Waals surface area contributed by atoms with Gasteiger partial charge in [-0.15, -0.1) is 0 Å². The van der Waals surface area contributed by atoms with Gasteiger partial charge in [0.1, 0.15) is 24.7 Å². The van der Waals surface area contributed by atoms with Crippen molar-refractivity contribution in [2.24, 2.45) is 0 Å². The molecular weight excluding hydrogens is 356 g/mol. The number of benzene rings is 2. The minimum absolute atomic E-state index is 0.420. The first-order chi connectivity index (χ1) is 13.7. The highest BCUT2D eigenvalue weighted by Gasteiger charge is 2.35. The zero-order valence-electron chi connectivity index (χ0n) is 15.6. The Balaban J connectivity index is 1.76. The van der Waals surface area contributed by atoms with Gasteiger partial charge in [0.15, 0.2) is 0 Å². The Hall–Kier alpha value is -3.61. The van der Waals surface area contributed by atoms with Crippen LogP contribution >= 0.6 is 0 Å². The van der Waals surface area contributed by atoms with Gasteiger partial charge in [-0.1, -0.05) is 48.5 Å². The first-order valence-corrected chi connectivity index (χ1v) is 8.90. The molecule has 1 aliphatic heterocycles. The Labute approximate surface area is 162 Å². The van der Waals surface area contributed by atoms with Gasteiger partial charge < -0.3 is 14.8 Å². The number of nitrogens with zero attached hydrogens (tertiary/aromatic N) is 3. The van der Waals surface area contributed by atoms with E-state index < -0.39 is 12.0 Å². The summed E-state index contributed by atoms with van der Waals surface area (Å²) < 4.78 is 12.8. The highest BCUT2D eigenvalue weighted by Crippen LogP contribution is 2.39. The van der Waals surface area contributed by atoms with Crippen LogP contribution in [0.2, 0.25) is 0 Å². The summed E-state index contributed by atoms with van der Waals surface area (Å²) in [5, 5.41) is 7.43. The minimum Gasteiger partial charge on any atom is -0.489 e. The molecule has 142 valence electrons. The molecule has 2 aromatic carbocycles. The van der Waals surface area contributed by atoms with Crippen molar-refractivity contribution in [1.29, 1.82) is 0 Å². The molecule has 3 aromatic rings. The molecule has 4 rings (SSSR count). The van der Waals surface area contributed by atoms with Crippen LogP contribution in [0.4, 0.5) is 5.95 Å². The number of esters is 1. The van der Waals surface area contributed by atoms with E-state index >= 15 is 0 Å². The van der Waals surface area contributed by atoms with Gasteiger partial charge in [-0.05, 0) is 18.6 Å². The van der Waals surface area contributed by atoms with Crippen molar-refractivity contribution in [2.45, 2.75) is 19.6 Å². The number of allylic oxidation sites excluding steroid dienone is 1. The van der Waals surface area contributed by atoms with Gasteiger partial charge in [0.05, 0.1) is 12.7 Å². The maximum Gasteiger partial charge on any atom is 0.338 e. The van der Waals surface area contributed by atoms with Crippen molar-refractivity contribution in [3.05, 3.63) is 83.3 Å². The highest BCUT2D eigenvalue weighted by molar-refractivity contribution is 5.92. The summed E-state index contributed by atoms with van der Waals surface area (Å²) in [4.78, 5) is 16.8. The van der Waals surface area contributed by atoms with Crippen molar-refractivity contribution in [1.82, 2.24) is 14.8 Å². The molecule has 1 atom stereocenters. The molecule has 0 saturated carbocycles. The number of fused-ring (bicyclic) bond motifs is 1. The third-order valence-electron chi connectivity index (χ3n) is 4.65. The van der Waals surface area contributed by atoms with Crippen LogP contribution in [0.15, 0.2) is 72.2 Å². The predicted octanol–water partition coefficient (Wildman–Crippen LogP) is 3.32. The summed E-state index contributed by atoms with van der Waals surface area (Å²) in [6.07, 6.45) is 1.45. The molecule has 0 amide bonds. The summed E-state index contributed by atoms with van der Waals surface area (Å²) in [6.45, 7) is 2.24. The SMILES string of the molecule is COC(=O)C1=C(C)Nc2ncnn2C1c1ccccc1OCc1ccccc1. The number of rotatable bonds is 5. The lowest BCUT2D eigenvalue weighted by atomic mass is 9.95. The molecule has 7 heteroatoms. The quantitative estimate of drug-likeness (QED) is 0.688. The Kier molecular flexibility index (Phi) is 4.80. The number of hydrogen-bond acceptors (Lipinski definition) is 6. The molecule has 0 saturated heterocycles. The first kappa shape index (κ1) is 17.8. The van der Waals surface area contributed by atoms with Gasteiger partial charge in [-0.2, -0.15) is 10.1 Å². The van der Waals surface area contributed by atoms with Gasteiger partial charge in [0, 0.05) is 11.3 Å². The van der Waals surface area contributed by atoms with Gasteiger partial charge >= 0.3 is 5.97 Å². The van der Waals surface area contributed by atoms with E-state index in [-0.39, 0.29) is 0 Å². The molecule has 28 heavy (non-hydrogen) atoms. The fourth-order valence-corrected chi connectivity index (χ4v) is 3.33. The van der Waals surface area contributed by atoms with E-state index in [1.54, 1.807) is 4.68 Å². The Morgan fingerprint density at radius 1 is 1.14 bits per heavy atom. The summed E-state index contributed by atoms with van der Waals surface area (Å²) in [6, 6.07) is 17.1. The first-order valence-electron chi connectivity index (χ1n) is 8.90. The number of carbonyl (C=O) groups excluding carboxylic acids is 1. The Morgan fingerprint density at radius 3 is 2.68 bits per heavy atom. The van der Waals surface area contributed by atoms with Crippen LogP contribution in [-0.2, 0) is 16.1 Å². The number of methoxy groups -OCH3 is 1. The highest BCUT2D eigenvalue weighted by atomic mass is 16.5. The number of nitrogens with one attached hydrogen (secondary N) is 1. The fraction of sp³-hybridized carbons (Fsp3) is 0.190. The second kappa shape index (κ2) is 7.56. The summed E-state index contributed by atoms with van der Waals surface area (Å²) in [7, 11) is 1.37. The van der Waals surface area contributed by atoms with Crippen LogP contribution in [-0.4, -0.2) is 27.8 Å². The molecule has 2 heterocycles. The van der Waals surface area contributed by atoms with Crippen molar-refractivity contribution >= 4 is 11.9 Å². The van der Waals surface area contributed by atoms with Gasteiger partial charge in [-0.3, -0.25) is 0 Å². The number of aromatic nitrogens is 3. The molecule has 1 N–H and O–H groups in total. The van der Waals surface area contributed by atoms with Crippen molar-refractivity contribution < 1.29 is 14.3 Å². The van der Waals surface area contributed by atoms with Crippen molar-refractivity contribution in [2.75, 3.05) is 12.4 Å². The molecule has 7 nitrogen and oxygen atoms in total. The second-order valence-corrected chi connectivity index (χ2v) is 6.40. The largest absolute Gasteiger partial charge is 0.489 e. The van der Waals surface area contributed by atoms with Crippen LogP contribution in [0.1, 0.15) is 24.1 Å². The molecule has 0 spiro atoms. The number of ether oxygens (including phenoxy) is 2. The molecule has 1 unspecified atom stereocenters. The second-order valence-electron chi connectivity index (χ2n) is 6.40. The normalized spacial score (nSPS) is 15.6. The van der Waals surface area contributed by atoms with Crippen LogP contribution in [0, 0.1) is 0 Å². The third kappa shape index (κ3) is 3.22. The third-order valence-corrected chi connectivity index (χ3v) is 4.65. The van der Waals surface area contributed by atoms with E-state index in [4.69, 9.17) is 9.47 Å². The maximum atomic E-state index is 12.6. The van der Waals surface area contributed by atoms with Crippen LogP contribution in [0.5, 0.6) is 5.75 Å². The fourth-order valence-electron chi connectivity index (χ4n) is 3.33. The summed E-state index contributed by atoms with van der Waals surface area (Å²) in [5.74, 6) is 0.816. The number of anilines is 1. The van der Waals surface area contributed by atoms with Crippen molar-refractivity contribution in [3.8, 4) is 5.75 Å².